The summed E-state index contributed by atoms with van der Waals surface area (Å²) in [5.74, 6) is -0.122. The molecule has 0 aromatic carbocycles. The van der Waals surface area contributed by atoms with E-state index in [9.17, 15) is 4.79 Å². The molecule has 0 saturated heterocycles. The van der Waals surface area contributed by atoms with E-state index in [0.29, 0.717) is 18.8 Å². The molecule has 90 valence electrons. The first kappa shape index (κ1) is 13.2. The number of carbonyl (C=O) groups excluding carboxylic acids is 1. The molecule has 1 N–H and O–H groups in total. The van der Waals surface area contributed by atoms with Crippen LogP contribution in [-0.2, 0) is 11.8 Å². The van der Waals surface area contributed by atoms with Gasteiger partial charge in [-0.25, -0.2) is 0 Å². The third-order valence-electron chi connectivity index (χ3n) is 2.07. The highest BCUT2D eigenvalue weighted by Gasteiger charge is 2.12. The van der Waals surface area contributed by atoms with Crippen molar-refractivity contribution < 1.29 is 9.53 Å². The normalized spacial score (nSPS) is 12.5. The Morgan fingerprint density at radius 1 is 1.75 bits per heavy atom. The number of methoxy groups -OCH3 is 1. The molecule has 1 heterocycles. The van der Waals surface area contributed by atoms with Crippen LogP contribution in [0.2, 0.25) is 0 Å². The van der Waals surface area contributed by atoms with Gasteiger partial charge in [-0.3, -0.25) is 9.48 Å². The lowest BCUT2D eigenvalue weighted by atomic mass is 10.3. The van der Waals surface area contributed by atoms with Gasteiger partial charge in [0.25, 0.3) is 5.91 Å². The van der Waals surface area contributed by atoms with Gasteiger partial charge in [0.2, 0.25) is 0 Å². The topological polar surface area (TPSA) is 56.1 Å². The highest BCUT2D eigenvalue weighted by Crippen LogP contribution is 2.03. The number of aryl methyl sites for hydroxylation is 2. The number of nitrogens with one attached hydrogen (secondary N) is 1. The second-order valence-corrected chi connectivity index (χ2v) is 4.85. The zero-order valence-electron chi connectivity index (χ0n) is 9.66. The molecule has 1 rings (SSSR count). The van der Waals surface area contributed by atoms with Crippen molar-refractivity contribution in [3.63, 3.8) is 0 Å². The molecule has 0 aliphatic carbocycles. The fraction of sp³-hybridized carbons (Fsp3) is 0.600. The maximum Gasteiger partial charge on any atom is 0.269 e. The summed E-state index contributed by atoms with van der Waals surface area (Å²) in [5, 5.41) is 6.93. The van der Waals surface area contributed by atoms with Gasteiger partial charge in [0.05, 0.1) is 17.1 Å². The molecule has 0 aliphatic rings. The first-order valence-corrected chi connectivity index (χ1v) is 5.88. The SMILES string of the molecule is COCC(Br)CNC(=O)c1cc(C)nn1C. The van der Waals surface area contributed by atoms with Gasteiger partial charge in [-0.1, -0.05) is 15.9 Å². The van der Waals surface area contributed by atoms with Crippen LogP contribution in [0.1, 0.15) is 16.2 Å². The summed E-state index contributed by atoms with van der Waals surface area (Å²) < 4.78 is 6.53. The Labute approximate surface area is 103 Å². The summed E-state index contributed by atoms with van der Waals surface area (Å²) in [6, 6.07) is 1.76. The van der Waals surface area contributed by atoms with E-state index in [-0.39, 0.29) is 10.7 Å². The number of rotatable bonds is 5. The van der Waals surface area contributed by atoms with Gasteiger partial charge in [0, 0.05) is 20.7 Å². The Balaban J connectivity index is 2.50. The molecule has 0 fully saturated rings. The van der Waals surface area contributed by atoms with Crippen molar-refractivity contribution in [1.29, 1.82) is 0 Å². The van der Waals surface area contributed by atoms with Crippen molar-refractivity contribution in [2.45, 2.75) is 11.8 Å². The predicted octanol–water partition coefficient (Wildman–Crippen LogP) is 0.868. The number of carbonyl (C=O) groups is 1. The third kappa shape index (κ3) is 3.61. The number of ether oxygens (including phenoxy) is 1. The molecule has 1 amide bonds. The first-order chi connectivity index (χ1) is 7.54. The largest absolute Gasteiger partial charge is 0.383 e. The Morgan fingerprint density at radius 2 is 2.44 bits per heavy atom. The molecule has 1 aromatic heterocycles. The van der Waals surface area contributed by atoms with Crippen LogP contribution in [0, 0.1) is 6.92 Å². The summed E-state index contributed by atoms with van der Waals surface area (Å²) >= 11 is 3.40. The number of amides is 1. The average molecular weight is 290 g/mol. The highest BCUT2D eigenvalue weighted by molar-refractivity contribution is 9.09. The summed E-state index contributed by atoms with van der Waals surface area (Å²) in [6.45, 7) is 2.94. The summed E-state index contributed by atoms with van der Waals surface area (Å²) in [6.07, 6.45) is 0. The molecule has 0 spiro atoms. The van der Waals surface area contributed by atoms with E-state index in [0.717, 1.165) is 5.69 Å². The van der Waals surface area contributed by atoms with E-state index in [4.69, 9.17) is 4.74 Å². The van der Waals surface area contributed by atoms with Crippen molar-refractivity contribution in [1.82, 2.24) is 15.1 Å². The summed E-state index contributed by atoms with van der Waals surface area (Å²) in [5.41, 5.74) is 1.40. The zero-order valence-corrected chi connectivity index (χ0v) is 11.2. The van der Waals surface area contributed by atoms with E-state index in [1.165, 1.54) is 0 Å². The second-order valence-electron chi connectivity index (χ2n) is 3.56. The Hall–Kier alpha value is -0.880. The molecular formula is C10H16BrN3O2. The number of nitrogens with zero attached hydrogens (tertiary/aromatic N) is 2. The lowest BCUT2D eigenvalue weighted by Gasteiger charge is -2.09. The molecule has 1 unspecified atom stereocenters. The van der Waals surface area contributed by atoms with Gasteiger partial charge < -0.3 is 10.1 Å². The van der Waals surface area contributed by atoms with E-state index in [2.05, 4.69) is 26.3 Å². The van der Waals surface area contributed by atoms with Crippen molar-refractivity contribution in [2.75, 3.05) is 20.3 Å². The zero-order chi connectivity index (χ0) is 12.1. The summed E-state index contributed by atoms with van der Waals surface area (Å²) in [4.78, 5) is 11.9. The van der Waals surface area contributed by atoms with Gasteiger partial charge in [-0.2, -0.15) is 5.10 Å². The van der Waals surface area contributed by atoms with Crippen LogP contribution >= 0.6 is 15.9 Å². The average Bonchev–Trinajstić information content (AvgIpc) is 2.55. The molecule has 16 heavy (non-hydrogen) atoms. The summed E-state index contributed by atoms with van der Waals surface area (Å²) in [7, 11) is 3.38. The van der Waals surface area contributed by atoms with Crippen LogP contribution in [-0.4, -0.2) is 40.8 Å². The predicted molar refractivity (Wildman–Crippen MR) is 64.9 cm³/mol. The van der Waals surface area contributed by atoms with Gasteiger partial charge in [0.15, 0.2) is 0 Å². The van der Waals surface area contributed by atoms with Crippen LogP contribution in [0.15, 0.2) is 6.07 Å². The van der Waals surface area contributed by atoms with Crippen molar-refractivity contribution in [3.05, 3.63) is 17.5 Å². The van der Waals surface area contributed by atoms with Gasteiger partial charge in [-0.15, -0.1) is 0 Å². The quantitative estimate of drug-likeness (QED) is 0.819. The number of halogens is 1. The Kier molecular flexibility index (Phi) is 4.95. The molecule has 0 aliphatic heterocycles. The molecule has 1 aromatic rings. The Bertz CT molecular complexity index is 365. The lowest BCUT2D eigenvalue weighted by molar-refractivity contribution is 0.0940. The van der Waals surface area contributed by atoms with Gasteiger partial charge in [0.1, 0.15) is 5.69 Å². The molecule has 5 nitrogen and oxygen atoms in total. The number of aromatic nitrogens is 2. The molecular weight excluding hydrogens is 274 g/mol. The number of alkyl halides is 1. The van der Waals surface area contributed by atoms with E-state index in [1.807, 2.05) is 6.92 Å². The smallest absolute Gasteiger partial charge is 0.269 e. The monoisotopic (exact) mass is 289 g/mol. The van der Waals surface area contributed by atoms with Crippen molar-refractivity contribution >= 4 is 21.8 Å². The van der Waals surface area contributed by atoms with Crippen LogP contribution in [0.4, 0.5) is 0 Å². The minimum absolute atomic E-state index is 0.121. The van der Waals surface area contributed by atoms with Crippen LogP contribution in [0.25, 0.3) is 0 Å². The maximum atomic E-state index is 11.8. The van der Waals surface area contributed by atoms with Crippen LogP contribution in [0.5, 0.6) is 0 Å². The molecule has 0 saturated carbocycles. The second kappa shape index (κ2) is 6.00. The number of hydrogen-bond donors (Lipinski definition) is 1. The van der Waals surface area contributed by atoms with Gasteiger partial charge >= 0.3 is 0 Å². The van der Waals surface area contributed by atoms with E-state index >= 15 is 0 Å². The standard InChI is InChI=1S/C10H16BrN3O2/c1-7-4-9(14(2)13-7)10(15)12-5-8(11)6-16-3/h4,8H,5-6H2,1-3H3,(H,12,15). The molecule has 0 radical (unpaired) electrons. The van der Waals surface area contributed by atoms with Gasteiger partial charge in [-0.05, 0) is 13.0 Å². The van der Waals surface area contributed by atoms with Crippen LogP contribution < -0.4 is 5.32 Å². The molecule has 1 atom stereocenters. The molecule has 0 bridgehead atoms. The first-order valence-electron chi connectivity index (χ1n) is 4.96. The van der Waals surface area contributed by atoms with E-state index in [1.54, 1.807) is 24.9 Å². The highest BCUT2D eigenvalue weighted by atomic mass is 79.9. The minimum Gasteiger partial charge on any atom is -0.383 e. The minimum atomic E-state index is -0.122. The van der Waals surface area contributed by atoms with Crippen molar-refractivity contribution in [3.8, 4) is 0 Å². The van der Waals surface area contributed by atoms with Crippen molar-refractivity contribution in [2.24, 2.45) is 7.05 Å². The maximum absolute atomic E-state index is 11.8. The van der Waals surface area contributed by atoms with E-state index < -0.39 is 0 Å². The Morgan fingerprint density at radius 3 is 2.94 bits per heavy atom. The number of hydrogen-bond acceptors (Lipinski definition) is 3. The fourth-order valence-corrected chi connectivity index (χ4v) is 1.78. The van der Waals surface area contributed by atoms with Crippen LogP contribution in [0.3, 0.4) is 0 Å². The third-order valence-corrected chi connectivity index (χ3v) is 2.65. The molecule has 6 heteroatoms. The lowest BCUT2D eigenvalue weighted by Crippen LogP contribution is -2.32. The fourth-order valence-electron chi connectivity index (χ4n) is 1.36.